The molecule has 0 saturated heterocycles. The van der Waals surface area contributed by atoms with Gasteiger partial charge in [-0.1, -0.05) is 21.1 Å². The molecule has 2 aromatic rings. The molecule has 0 atom stereocenters. The number of halogens is 1. The monoisotopic (exact) mass is 310 g/mol. The second kappa shape index (κ2) is 5.22. The van der Waals surface area contributed by atoms with E-state index in [1.807, 2.05) is 25.1 Å². The third-order valence-corrected chi connectivity index (χ3v) is 2.91. The van der Waals surface area contributed by atoms with Gasteiger partial charge >= 0.3 is 5.97 Å². The summed E-state index contributed by atoms with van der Waals surface area (Å²) in [7, 11) is 0. The number of anilines is 1. The van der Waals surface area contributed by atoms with Gasteiger partial charge in [0.2, 0.25) is 0 Å². The van der Waals surface area contributed by atoms with Gasteiger partial charge in [0.15, 0.2) is 11.5 Å². The average molecular weight is 311 g/mol. The van der Waals surface area contributed by atoms with Crippen LogP contribution < -0.4 is 5.32 Å². The van der Waals surface area contributed by atoms with Crippen LogP contribution in [0, 0.1) is 6.92 Å². The molecular formula is C12H11BrN2O3. The number of aromatic nitrogens is 1. The zero-order valence-electron chi connectivity index (χ0n) is 9.61. The smallest absolute Gasteiger partial charge is 0.358 e. The van der Waals surface area contributed by atoms with Gasteiger partial charge < -0.3 is 14.9 Å². The summed E-state index contributed by atoms with van der Waals surface area (Å²) in [5, 5.41) is 15.3. The van der Waals surface area contributed by atoms with E-state index in [2.05, 4.69) is 26.4 Å². The van der Waals surface area contributed by atoms with E-state index in [0.29, 0.717) is 12.3 Å². The molecule has 2 N–H and O–H groups in total. The van der Waals surface area contributed by atoms with Gasteiger partial charge in [0.1, 0.15) is 0 Å². The summed E-state index contributed by atoms with van der Waals surface area (Å²) in [6.07, 6.45) is 0. The molecule has 94 valence electrons. The lowest BCUT2D eigenvalue weighted by atomic mass is 10.2. The predicted octanol–water partition coefficient (Wildman–Crippen LogP) is 3.06. The van der Waals surface area contributed by atoms with Crippen molar-refractivity contribution in [2.24, 2.45) is 0 Å². The summed E-state index contributed by atoms with van der Waals surface area (Å²) >= 11 is 3.39. The lowest BCUT2D eigenvalue weighted by Gasteiger charge is -2.07. The number of carboxylic acid groups (broad SMARTS) is 1. The number of carbonyl (C=O) groups is 1. The maximum Gasteiger partial charge on any atom is 0.358 e. The molecule has 0 unspecified atom stereocenters. The van der Waals surface area contributed by atoms with E-state index in [9.17, 15) is 4.79 Å². The van der Waals surface area contributed by atoms with Crippen LogP contribution in [0.1, 0.15) is 21.8 Å². The van der Waals surface area contributed by atoms with Crippen LogP contribution in [0.25, 0.3) is 0 Å². The second-order valence-corrected chi connectivity index (χ2v) is 4.71. The number of rotatable bonds is 4. The van der Waals surface area contributed by atoms with Gasteiger partial charge in [-0.05, 0) is 30.7 Å². The average Bonchev–Trinajstić information content (AvgIpc) is 2.76. The van der Waals surface area contributed by atoms with Gasteiger partial charge in [-0.3, -0.25) is 0 Å². The van der Waals surface area contributed by atoms with Crippen LogP contribution in [0.4, 0.5) is 5.69 Å². The Labute approximate surface area is 112 Å². The van der Waals surface area contributed by atoms with Crippen LogP contribution in [0.15, 0.2) is 33.3 Å². The quantitative estimate of drug-likeness (QED) is 0.907. The molecule has 0 aliphatic heterocycles. The maximum absolute atomic E-state index is 10.6. The zero-order valence-corrected chi connectivity index (χ0v) is 11.2. The second-order valence-electron chi connectivity index (χ2n) is 3.80. The summed E-state index contributed by atoms with van der Waals surface area (Å²) < 4.78 is 5.92. The Morgan fingerprint density at radius 1 is 1.50 bits per heavy atom. The van der Waals surface area contributed by atoms with Crippen LogP contribution in [0.2, 0.25) is 0 Å². The Morgan fingerprint density at radius 2 is 2.28 bits per heavy atom. The minimum atomic E-state index is -1.09. The van der Waals surface area contributed by atoms with E-state index in [1.54, 1.807) is 0 Å². The van der Waals surface area contributed by atoms with Crippen LogP contribution in [-0.2, 0) is 6.54 Å². The van der Waals surface area contributed by atoms with Crippen molar-refractivity contribution < 1.29 is 14.4 Å². The standard InChI is InChI=1S/C12H11BrN2O3/c1-7-4-8(13)2-3-10(7)14-6-9-5-11(12(16)17)15-18-9/h2-5,14H,6H2,1H3,(H,16,17). The van der Waals surface area contributed by atoms with Gasteiger partial charge in [-0.25, -0.2) is 4.79 Å². The van der Waals surface area contributed by atoms with Gasteiger partial charge in [-0.2, -0.15) is 0 Å². The van der Waals surface area contributed by atoms with Crippen molar-refractivity contribution in [3.8, 4) is 0 Å². The van der Waals surface area contributed by atoms with Crippen molar-refractivity contribution in [3.05, 3.63) is 45.8 Å². The molecule has 0 saturated carbocycles. The largest absolute Gasteiger partial charge is 0.476 e. The lowest BCUT2D eigenvalue weighted by Crippen LogP contribution is -2.00. The Kier molecular flexibility index (Phi) is 3.66. The number of aromatic carboxylic acids is 1. The minimum Gasteiger partial charge on any atom is -0.476 e. The fourth-order valence-electron chi connectivity index (χ4n) is 1.50. The molecular weight excluding hydrogens is 300 g/mol. The number of aryl methyl sites for hydroxylation is 1. The van der Waals surface area contributed by atoms with E-state index in [4.69, 9.17) is 9.63 Å². The van der Waals surface area contributed by atoms with Crippen molar-refractivity contribution >= 4 is 27.6 Å². The fraction of sp³-hybridized carbons (Fsp3) is 0.167. The third kappa shape index (κ3) is 2.89. The topological polar surface area (TPSA) is 75.4 Å². The van der Waals surface area contributed by atoms with E-state index in [0.717, 1.165) is 15.7 Å². The van der Waals surface area contributed by atoms with Gasteiger partial charge in [-0.15, -0.1) is 0 Å². The summed E-state index contributed by atoms with van der Waals surface area (Å²) in [5.74, 6) is -0.612. The van der Waals surface area contributed by atoms with E-state index in [-0.39, 0.29) is 5.69 Å². The molecule has 2 rings (SSSR count). The summed E-state index contributed by atoms with van der Waals surface area (Å²) in [6, 6.07) is 7.27. The number of hydrogen-bond acceptors (Lipinski definition) is 4. The SMILES string of the molecule is Cc1cc(Br)ccc1NCc1cc(C(=O)O)no1. The summed E-state index contributed by atoms with van der Waals surface area (Å²) in [4.78, 5) is 10.6. The number of carboxylic acids is 1. The molecule has 0 fully saturated rings. The van der Waals surface area contributed by atoms with Crippen molar-refractivity contribution in [2.45, 2.75) is 13.5 Å². The molecule has 18 heavy (non-hydrogen) atoms. The molecule has 0 aliphatic carbocycles. The Bertz CT molecular complexity index is 580. The van der Waals surface area contributed by atoms with E-state index in [1.165, 1.54) is 6.07 Å². The maximum atomic E-state index is 10.6. The van der Waals surface area contributed by atoms with E-state index >= 15 is 0 Å². The first kappa shape index (κ1) is 12.6. The van der Waals surface area contributed by atoms with Crippen molar-refractivity contribution in [1.29, 1.82) is 0 Å². The predicted molar refractivity (Wildman–Crippen MR) is 69.7 cm³/mol. The first-order chi connectivity index (χ1) is 8.56. The summed E-state index contributed by atoms with van der Waals surface area (Å²) in [6.45, 7) is 2.37. The molecule has 0 spiro atoms. The van der Waals surface area contributed by atoms with Crippen molar-refractivity contribution in [3.63, 3.8) is 0 Å². The minimum absolute atomic E-state index is 0.0840. The Morgan fingerprint density at radius 3 is 2.89 bits per heavy atom. The number of nitrogens with zero attached hydrogens (tertiary/aromatic N) is 1. The van der Waals surface area contributed by atoms with Crippen molar-refractivity contribution in [1.82, 2.24) is 5.16 Å². The molecule has 1 aromatic carbocycles. The highest BCUT2D eigenvalue weighted by Gasteiger charge is 2.10. The normalized spacial score (nSPS) is 10.3. The Hall–Kier alpha value is -1.82. The van der Waals surface area contributed by atoms with Crippen LogP contribution >= 0.6 is 15.9 Å². The van der Waals surface area contributed by atoms with Gasteiger partial charge in [0.25, 0.3) is 0 Å². The lowest BCUT2D eigenvalue weighted by molar-refractivity contribution is 0.0685. The van der Waals surface area contributed by atoms with Crippen LogP contribution in [0.5, 0.6) is 0 Å². The van der Waals surface area contributed by atoms with Crippen molar-refractivity contribution in [2.75, 3.05) is 5.32 Å². The first-order valence-electron chi connectivity index (χ1n) is 5.25. The molecule has 6 heteroatoms. The number of nitrogens with one attached hydrogen (secondary N) is 1. The molecule has 0 bridgehead atoms. The fourth-order valence-corrected chi connectivity index (χ4v) is 1.98. The van der Waals surface area contributed by atoms with Crippen LogP contribution in [-0.4, -0.2) is 16.2 Å². The Balaban J connectivity index is 2.04. The molecule has 0 radical (unpaired) electrons. The number of hydrogen-bond donors (Lipinski definition) is 2. The number of benzene rings is 1. The molecule has 1 aromatic heterocycles. The highest BCUT2D eigenvalue weighted by molar-refractivity contribution is 9.10. The molecule has 0 aliphatic rings. The molecule has 0 amide bonds. The van der Waals surface area contributed by atoms with Crippen LogP contribution in [0.3, 0.4) is 0 Å². The highest BCUT2D eigenvalue weighted by atomic mass is 79.9. The van der Waals surface area contributed by atoms with E-state index < -0.39 is 5.97 Å². The van der Waals surface area contributed by atoms with Gasteiger partial charge in [0, 0.05) is 16.2 Å². The van der Waals surface area contributed by atoms with Gasteiger partial charge in [0.05, 0.1) is 6.54 Å². The highest BCUT2D eigenvalue weighted by Crippen LogP contribution is 2.20. The summed E-state index contributed by atoms with van der Waals surface area (Å²) in [5.41, 5.74) is 1.97. The molecule has 1 heterocycles. The zero-order chi connectivity index (χ0) is 13.1. The first-order valence-corrected chi connectivity index (χ1v) is 6.04. The third-order valence-electron chi connectivity index (χ3n) is 2.42. The molecule has 5 nitrogen and oxygen atoms in total.